The van der Waals surface area contributed by atoms with Crippen LogP contribution in [0.1, 0.15) is 11.3 Å². The van der Waals surface area contributed by atoms with Crippen LogP contribution in [0, 0.1) is 0 Å². The average molecular weight is 293 g/mol. The van der Waals surface area contributed by atoms with Gasteiger partial charge in [-0.2, -0.15) is 0 Å². The smallest absolute Gasteiger partial charge is 0.227 e. The van der Waals surface area contributed by atoms with Crippen LogP contribution < -0.4 is 10.2 Å². The Morgan fingerprint density at radius 3 is 2.70 bits per heavy atom. The molecule has 0 atom stereocenters. The lowest BCUT2D eigenvalue weighted by Crippen LogP contribution is -2.07. The van der Waals surface area contributed by atoms with Crippen molar-refractivity contribution in [1.82, 2.24) is 0 Å². The predicted octanol–water partition coefficient (Wildman–Crippen LogP) is 2.88. The highest BCUT2D eigenvalue weighted by Gasteiger charge is 2.02. The number of hydrogen-bond donors (Lipinski definition) is 1. The Hall–Kier alpha value is -2.04. The molecular formula is C15H13ClO4. The van der Waals surface area contributed by atoms with E-state index in [1.165, 1.54) is 12.3 Å². The molecule has 0 unspecified atom stereocenters. The van der Waals surface area contributed by atoms with Crippen molar-refractivity contribution in [2.24, 2.45) is 0 Å². The van der Waals surface area contributed by atoms with Crippen LogP contribution in [0.2, 0.25) is 5.02 Å². The second-order valence-electron chi connectivity index (χ2n) is 4.00. The normalized spacial score (nSPS) is 10.9. The Morgan fingerprint density at radius 1 is 1.30 bits per heavy atom. The summed E-state index contributed by atoms with van der Waals surface area (Å²) < 4.78 is 10.3. The first kappa shape index (κ1) is 14.4. The van der Waals surface area contributed by atoms with E-state index in [1.807, 2.05) is 18.2 Å². The van der Waals surface area contributed by atoms with Crippen LogP contribution in [0.15, 0.2) is 51.9 Å². The number of ether oxygens (including phenoxy) is 1. The van der Waals surface area contributed by atoms with Crippen LogP contribution in [0.4, 0.5) is 0 Å². The van der Waals surface area contributed by atoms with Gasteiger partial charge >= 0.3 is 0 Å². The number of halogens is 1. The topological polar surface area (TPSA) is 59.7 Å². The van der Waals surface area contributed by atoms with Gasteiger partial charge in [0, 0.05) is 11.1 Å². The van der Waals surface area contributed by atoms with Crippen LogP contribution in [0.5, 0.6) is 5.75 Å². The second-order valence-corrected chi connectivity index (χ2v) is 4.43. The van der Waals surface area contributed by atoms with Gasteiger partial charge in [0.05, 0.1) is 0 Å². The number of benzene rings is 1. The minimum absolute atomic E-state index is 0.114. The summed E-state index contributed by atoms with van der Waals surface area (Å²) in [6.45, 7) is -0.0716. The summed E-state index contributed by atoms with van der Waals surface area (Å²) in [5, 5.41) is 9.50. The Labute approximate surface area is 120 Å². The third-order valence-corrected chi connectivity index (χ3v) is 2.78. The standard InChI is InChI=1S/C15H13ClO4/c16-12-5-3-11(4-6-12)2-1-7-19-15-10-20-13(9-17)8-14(15)18/h1-6,8,10,17H,7,9H2/b2-1+. The number of rotatable bonds is 5. The Bertz CT molecular complexity index is 644. The fraction of sp³-hybridized carbons (Fsp3) is 0.133. The van der Waals surface area contributed by atoms with E-state index in [4.69, 9.17) is 25.9 Å². The van der Waals surface area contributed by atoms with Crippen molar-refractivity contribution in [2.75, 3.05) is 6.61 Å². The summed E-state index contributed by atoms with van der Waals surface area (Å²) in [5.74, 6) is 0.321. The maximum Gasteiger partial charge on any atom is 0.227 e. The fourth-order valence-electron chi connectivity index (χ4n) is 1.52. The summed E-state index contributed by atoms with van der Waals surface area (Å²) in [5.41, 5.74) is 0.667. The summed E-state index contributed by atoms with van der Waals surface area (Å²) in [4.78, 5) is 11.6. The lowest BCUT2D eigenvalue weighted by molar-refractivity contribution is 0.239. The third kappa shape index (κ3) is 3.98. The molecule has 1 N–H and O–H groups in total. The SMILES string of the molecule is O=c1cc(CO)occ1OC/C=C/c1ccc(Cl)cc1. The molecule has 1 heterocycles. The molecule has 0 fully saturated rings. The minimum Gasteiger partial charge on any atom is -0.482 e. The summed E-state index contributed by atoms with van der Waals surface area (Å²) in [6, 6.07) is 8.55. The molecule has 2 rings (SSSR count). The molecule has 0 amide bonds. The van der Waals surface area contributed by atoms with E-state index < -0.39 is 0 Å². The number of aliphatic hydroxyl groups is 1. The summed E-state index contributed by atoms with van der Waals surface area (Å²) >= 11 is 5.78. The molecule has 4 nitrogen and oxygen atoms in total. The van der Waals surface area contributed by atoms with Crippen molar-refractivity contribution in [3.63, 3.8) is 0 Å². The van der Waals surface area contributed by atoms with Crippen molar-refractivity contribution in [2.45, 2.75) is 6.61 Å². The molecule has 0 aliphatic carbocycles. The van der Waals surface area contributed by atoms with Gasteiger partial charge in [-0.05, 0) is 23.8 Å². The molecule has 0 bridgehead atoms. The molecule has 5 heteroatoms. The van der Waals surface area contributed by atoms with Gasteiger partial charge in [-0.1, -0.05) is 29.8 Å². The molecule has 0 saturated carbocycles. The molecule has 0 radical (unpaired) electrons. The molecule has 0 spiro atoms. The lowest BCUT2D eigenvalue weighted by atomic mass is 10.2. The minimum atomic E-state index is -0.319. The zero-order valence-corrected chi connectivity index (χ0v) is 11.3. The second kappa shape index (κ2) is 6.93. The molecule has 20 heavy (non-hydrogen) atoms. The highest BCUT2D eigenvalue weighted by molar-refractivity contribution is 6.30. The van der Waals surface area contributed by atoms with Crippen LogP contribution in [0.25, 0.3) is 6.08 Å². The highest BCUT2D eigenvalue weighted by Crippen LogP contribution is 2.11. The zero-order valence-electron chi connectivity index (χ0n) is 10.6. The Balaban J connectivity index is 1.92. The molecular weight excluding hydrogens is 280 g/mol. The lowest BCUT2D eigenvalue weighted by Gasteiger charge is -2.02. The van der Waals surface area contributed by atoms with Crippen molar-refractivity contribution < 1.29 is 14.3 Å². The first-order valence-electron chi connectivity index (χ1n) is 5.96. The van der Waals surface area contributed by atoms with E-state index in [1.54, 1.807) is 18.2 Å². The van der Waals surface area contributed by atoms with E-state index >= 15 is 0 Å². The van der Waals surface area contributed by atoms with Gasteiger partial charge in [-0.3, -0.25) is 4.79 Å². The fourth-order valence-corrected chi connectivity index (χ4v) is 1.65. The molecule has 2 aromatic rings. The molecule has 0 saturated heterocycles. The van der Waals surface area contributed by atoms with E-state index in [0.717, 1.165) is 5.56 Å². The van der Waals surface area contributed by atoms with Gasteiger partial charge in [-0.15, -0.1) is 0 Å². The molecule has 1 aromatic carbocycles. The number of aliphatic hydroxyl groups excluding tert-OH is 1. The van der Waals surface area contributed by atoms with Crippen molar-refractivity contribution in [1.29, 1.82) is 0 Å². The predicted molar refractivity (Wildman–Crippen MR) is 76.9 cm³/mol. The van der Waals surface area contributed by atoms with E-state index in [2.05, 4.69) is 0 Å². The quantitative estimate of drug-likeness (QED) is 0.920. The van der Waals surface area contributed by atoms with Crippen LogP contribution in [-0.4, -0.2) is 11.7 Å². The van der Waals surface area contributed by atoms with Crippen molar-refractivity contribution >= 4 is 17.7 Å². The van der Waals surface area contributed by atoms with E-state index in [0.29, 0.717) is 5.02 Å². The first-order valence-corrected chi connectivity index (χ1v) is 6.34. The van der Waals surface area contributed by atoms with Gasteiger partial charge in [0.2, 0.25) is 11.2 Å². The van der Waals surface area contributed by atoms with E-state index in [-0.39, 0.29) is 30.2 Å². The Morgan fingerprint density at radius 2 is 2.05 bits per heavy atom. The maximum atomic E-state index is 11.6. The van der Waals surface area contributed by atoms with Gasteiger partial charge in [0.15, 0.2) is 0 Å². The van der Waals surface area contributed by atoms with E-state index in [9.17, 15) is 4.79 Å². The Kier molecular flexibility index (Phi) is 4.98. The highest BCUT2D eigenvalue weighted by atomic mass is 35.5. The summed E-state index contributed by atoms with van der Waals surface area (Å²) in [6.07, 6.45) is 4.84. The van der Waals surface area contributed by atoms with Crippen LogP contribution >= 0.6 is 11.6 Å². The number of hydrogen-bond acceptors (Lipinski definition) is 4. The van der Waals surface area contributed by atoms with Crippen molar-refractivity contribution in [3.8, 4) is 5.75 Å². The first-order chi connectivity index (χ1) is 9.69. The average Bonchev–Trinajstić information content (AvgIpc) is 2.46. The molecule has 0 aliphatic heterocycles. The van der Waals surface area contributed by atoms with Crippen molar-refractivity contribution in [3.05, 3.63) is 69.2 Å². The maximum absolute atomic E-state index is 11.6. The monoisotopic (exact) mass is 292 g/mol. The van der Waals surface area contributed by atoms with Crippen LogP contribution in [0.3, 0.4) is 0 Å². The van der Waals surface area contributed by atoms with Gasteiger partial charge in [0.25, 0.3) is 0 Å². The summed E-state index contributed by atoms with van der Waals surface area (Å²) in [7, 11) is 0. The molecule has 104 valence electrons. The molecule has 1 aromatic heterocycles. The van der Waals surface area contributed by atoms with Gasteiger partial charge < -0.3 is 14.3 Å². The largest absolute Gasteiger partial charge is 0.482 e. The zero-order chi connectivity index (χ0) is 14.4. The molecule has 0 aliphatic rings. The third-order valence-electron chi connectivity index (χ3n) is 2.52. The van der Waals surface area contributed by atoms with Gasteiger partial charge in [0.1, 0.15) is 25.2 Å². The van der Waals surface area contributed by atoms with Gasteiger partial charge in [-0.25, -0.2) is 0 Å². The van der Waals surface area contributed by atoms with Crippen LogP contribution in [-0.2, 0) is 6.61 Å².